The van der Waals surface area contributed by atoms with Gasteiger partial charge in [0.25, 0.3) is 0 Å². The molecule has 1 unspecified atom stereocenters. The molecule has 0 radical (unpaired) electrons. The van der Waals surface area contributed by atoms with E-state index in [0.29, 0.717) is 5.56 Å². The molecule has 3 N–H and O–H groups in total. The lowest BCUT2D eigenvalue weighted by Gasteiger charge is -2.11. The minimum atomic E-state index is -0.710. The van der Waals surface area contributed by atoms with Crippen LogP contribution in [0.4, 0.5) is 4.39 Å². The van der Waals surface area contributed by atoms with Gasteiger partial charge < -0.3 is 15.6 Å². The summed E-state index contributed by atoms with van der Waals surface area (Å²) in [4.78, 5) is 11.0. The maximum absolute atomic E-state index is 13.4. The topological polar surface area (TPSA) is 72.6 Å². The lowest BCUT2D eigenvalue weighted by Crippen LogP contribution is -2.16. The molecule has 1 aromatic carbocycles. The van der Waals surface area contributed by atoms with Crippen LogP contribution in [-0.2, 0) is 0 Å². The minimum Gasteiger partial charge on any atom is -0.488 e. The molecule has 0 bridgehead atoms. The number of rotatable bonds is 4. The van der Waals surface area contributed by atoms with E-state index in [-0.39, 0.29) is 17.9 Å². The number of benzene rings is 1. The predicted octanol–water partition coefficient (Wildman–Crippen LogP) is 0.993. The molecule has 0 aliphatic rings. The van der Waals surface area contributed by atoms with E-state index in [4.69, 9.17) is 15.6 Å². The fraction of sp³-hybridized carbons (Fsp3) is 0.364. The summed E-state index contributed by atoms with van der Waals surface area (Å²) in [5.41, 5.74) is 5.79. The monoisotopic (exact) mass is 227 g/mol. The maximum atomic E-state index is 13.4. The van der Waals surface area contributed by atoms with Crippen LogP contribution in [0.3, 0.4) is 0 Å². The fourth-order valence-electron chi connectivity index (χ4n) is 1.24. The van der Waals surface area contributed by atoms with E-state index in [1.807, 2.05) is 0 Å². The van der Waals surface area contributed by atoms with Crippen LogP contribution < -0.4 is 10.5 Å². The van der Waals surface area contributed by atoms with Gasteiger partial charge in [0.05, 0.1) is 6.10 Å². The molecule has 0 aromatic heterocycles. The first kappa shape index (κ1) is 12.4. The first-order valence-corrected chi connectivity index (χ1v) is 4.82. The van der Waals surface area contributed by atoms with Gasteiger partial charge in [-0.05, 0) is 31.5 Å². The summed E-state index contributed by atoms with van der Waals surface area (Å²) in [5.74, 6) is -1.30. The number of aliphatic hydroxyl groups excluding tert-OH is 1. The molecule has 0 saturated heterocycles. The number of halogens is 1. The van der Waals surface area contributed by atoms with Gasteiger partial charge in [-0.25, -0.2) is 4.39 Å². The second-order valence-corrected chi connectivity index (χ2v) is 3.62. The van der Waals surface area contributed by atoms with Crippen LogP contribution in [0.2, 0.25) is 0 Å². The van der Waals surface area contributed by atoms with Crippen LogP contribution in [0.1, 0.15) is 22.8 Å². The van der Waals surface area contributed by atoms with Gasteiger partial charge in [0.1, 0.15) is 6.61 Å². The molecule has 0 saturated carbocycles. The zero-order chi connectivity index (χ0) is 12.3. The normalized spacial score (nSPS) is 12.2. The number of primary amides is 1. The first-order valence-electron chi connectivity index (χ1n) is 4.82. The van der Waals surface area contributed by atoms with Crippen LogP contribution in [0.15, 0.2) is 12.1 Å². The van der Waals surface area contributed by atoms with E-state index in [1.54, 1.807) is 6.92 Å². The van der Waals surface area contributed by atoms with Crippen LogP contribution >= 0.6 is 0 Å². The van der Waals surface area contributed by atoms with Crippen molar-refractivity contribution in [2.45, 2.75) is 20.0 Å². The lowest BCUT2D eigenvalue weighted by molar-refractivity contribution is 0.0998. The van der Waals surface area contributed by atoms with Crippen molar-refractivity contribution in [2.75, 3.05) is 6.61 Å². The molecule has 88 valence electrons. The van der Waals surface area contributed by atoms with Gasteiger partial charge in [0.2, 0.25) is 5.91 Å². The molecule has 1 aromatic rings. The molecule has 0 aliphatic carbocycles. The number of carbonyl (C=O) groups is 1. The van der Waals surface area contributed by atoms with Crippen molar-refractivity contribution in [1.29, 1.82) is 0 Å². The molecule has 4 nitrogen and oxygen atoms in total. The Morgan fingerprint density at radius 1 is 1.62 bits per heavy atom. The summed E-state index contributed by atoms with van der Waals surface area (Å²) in [7, 11) is 0. The number of hydrogen-bond acceptors (Lipinski definition) is 3. The van der Waals surface area contributed by atoms with Crippen LogP contribution in [-0.4, -0.2) is 23.7 Å². The third kappa shape index (κ3) is 2.93. The van der Waals surface area contributed by atoms with Crippen molar-refractivity contribution in [3.63, 3.8) is 0 Å². The Bertz CT molecular complexity index is 404. The largest absolute Gasteiger partial charge is 0.488 e. The zero-order valence-corrected chi connectivity index (χ0v) is 9.16. The second kappa shape index (κ2) is 4.94. The number of aliphatic hydroxyl groups is 1. The lowest BCUT2D eigenvalue weighted by atomic mass is 10.1. The van der Waals surface area contributed by atoms with Gasteiger partial charge in [-0.2, -0.15) is 0 Å². The highest BCUT2D eigenvalue weighted by Crippen LogP contribution is 2.22. The van der Waals surface area contributed by atoms with Gasteiger partial charge >= 0.3 is 0 Å². The highest BCUT2D eigenvalue weighted by Gasteiger charge is 2.12. The third-order valence-corrected chi connectivity index (χ3v) is 2.02. The average molecular weight is 227 g/mol. The number of carbonyl (C=O) groups excluding carboxylic acids is 1. The van der Waals surface area contributed by atoms with Crippen molar-refractivity contribution in [2.24, 2.45) is 5.73 Å². The highest BCUT2D eigenvalue weighted by atomic mass is 19.1. The summed E-state index contributed by atoms with van der Waals surface area (Å²) in [6.45, 7) is 3.06. The Balaban J connectivity index is 3.00. The number of amides is 1. The summed E-state index contributed by atoms with van der Waals surface area (Å²) in [6.07, 6.45) is -0.710. The van der Waals surface area contributed by atoms with Crippen molar-refractivity contribution in [3.8, 4) is 5.75 Å². The Kier molecular flexibility index (Phi) is 3.84. The Morgan fingerprint density at radius 3 is 2.75 bits per heavy atom. The molecule has 0 heterocycles. The van der Waals surface area contributed by atoms with E-state index in [9.17, 15) is 9.18 Å². The Labute approximate surface area is 92.8 Å². The van der Waals surface area contributed by atoms with Gasteiger partial charge in [0, 0.05) is 5.56 Å². The maximum Gasteiger partial charge on any atom is 0.249 e. The SMILES string of the molecule is Cc1cc(F)c(OCC(C)O)cc1C(N)=O. The molecular formula is C11H14FNO3. The van der Waals surface area contributed by atoms with Crippen molar-refractivity contribution in [3.05, 3.63) is 29.1 Å². The first-order chi connectivity index (χ1) is 7.41. The highest BCUT2D eigenvalue weighted by molar-refractivity contribution is 5.94. The predicted molar refractivity (Wildman–Crippen MR) is 56.8 cm³/mol. The smallest absolute Gasteiger partial charge is 0.249 e. The third-order valence-electron chi connectivity index (χ3n) is 2.02. The molecule has 1 amide bonds. The molecule has 5 heteroatoms. The quantitative estimate of drug-likeness (QED) is 0.805. The van der Waals surface area contributed by atoms with E-state index in [2.05, 4.69) is 0 Å². The Hall–Kier alpha value is -1.62. The molecule has 1 atom stereocenters. The average Bonchev–Trinajstić information content (AvgIpc) is 2.15. The number of nitrogens with two attached hydrogens (primary N) is 1. The van der Waals surface area contributed by atoms with E-state index in [1.165, 1.54) is 19.1 Å². The molecule has 0 spiro atoms. The summed E-state index contributed by atoms with van der Waals surface area (Å²) in [6, 6.07) is 2.42. The summed E-state index contributed by atoms with van der Waals surface area (Å²) in [5, 5.41) is 9.00. The van der Waals surface area contributed by atoms with Crippen LogP contribution in [0.25, 0.3) is 0 Å². The minimum absolute atomic E-state index is 0.0435. The Morgan fingerprint density at radius 2 is 2.25 bits per heavy atom. The van der Waals surface area contributed by atoms with Gasteiger partial charge in [-0.1, -0.05) is 0 Å². The standard InChI is InChI=1S/C11H14FNO3/c1-6-3-9(12)10(16-5-7(2)14)4-8(6)11(13)15/h3-4,7,14H,5H2,1-2H3,(H2,13,15). The van der Waals surface area contributed by atoms with Crippen molar-refractivity contribution < 1.29 is 19.0 Å². The van der Waals surface area contributed by atoms with Crippen LogP contribution in [0.5, 0.6) is 5.75 Å². The van der Waals surface area contributed by atoms with Crippen LogP contribution in [0, 0.1) is 12.7 Å². The molecule has 16 heavy (non-hydrogen) atoms. The molecule has 0 aliphatic heterocycles. The summed E-state index contributed by atoms with van der Waals surface area (Å²) >= 11 is 0. The van der Waals surface area contributed by atoms with Crippen molar-refractivity contribution >= 4 is 5.91 Å². The molecular weight excluding hydrogens is 213 g/mol. The zero-order valence-electron chi connectivity index (χ0n) is 9.16. The van der Waals surface area contributed by atoms with E-state index < -0.39 is 17.8 Å². The molecule has 1 rings (SSSR count). The van der Waals surface area contributed by atoms with Gasteiger partial charge in [0.15, 0.2) is 11.6 Å². The molecule has 0 fully saturated rings. The van der Waals surface area contributed by atoms with Crippen molar-refractivity contribution in [1.82, 2.24) is 0 Å². The number of aryl methyl sites for hydroxylation is 1. The fourth-order valence-corrected chi connectivity index (χ4v) is 1.24. The van der Waals surface area contributed by atoms with Gasteiger partial charge in [-0.15, -0.1) is 0 Å². The number of ether oxygens (including phenoxy) is 1. The second-order valence-electron chi connectivity index (χ2n) is 3.62. The van der Waals surface area contributed by atoms with Gasteiger partial charge in [-0.3, -0.25) is 4.79 Å². The van der Waals surface area contributed by atoms with E-state index >= 15 is 0 Å². The van der Waals surface area contributed by atoms with E-state index in [0.717, 1.165) is 0 Å². The summed E-state index contributed by atoms with van der Waals surface area (Å²) < 4.78 is 18.4. The number of hydrogen-bond donors (Lipinski definition) is 2.